The van der Waals surface area contributed by atoms with Crippen molar-refractivity contribution in [2.45, 2.75) is 25.4 Å². The maximum Gasteiger partial charge on any atom is 0.418 e. The molecular formula is C22H16ClF3N8O2S. The molecule has 4 aromatic rings. The molecule has 15 heteroatoms. The minimum absolute atomic E-state index is 0.0386. The third kappa shape index (κ3) is 6.21. The Labute approximate surface area is 216 Å². The molecule has 37 heavy (non-hydrogen) atoms. The number of anilines is 2. The molecule has 1 amide bonds. The number of hydrogen-bond donors (Lipinski definition) is 2. The molecule has 0 aliphatic heterocycles. The van der Waals surface area contributed by atoms with Gasteiger partial charge in [0, 0.05) is 36.5 Å². The van der Waals surface area contributed by atoms with Crippen LogP contribution in [-0.4, -0.2) is 41.6 Å². The van der Waals surface area contributed by atoms with Gasteiger partial charge in [-0.25, -0.2) is 29.9 Å². The fraction of sp³-hybridized carbons (Fsp3) is 0.182. The average molecular weight is 549 g/mol. The van der Waals surface area contributed by atoms with Crippen molar-refractivity contribution in [3.05, 3.63) is 69.4 Å². The van der Waals surface area contributed by atoms with E-state index in [1.54, 1.807) is 6.92 Å². The number of Topliss-reactive ketones (excluding diaryl/α,β-unsaturated/α-hetero) is 1. The Morgan fingerprint density at radius 2 is 1.78 bits per heavy atom. The zero-order valence-electron chi connectivity index (χ0n) is 18.8. The quantitative estimate of drug-likeness (QED) is 0.314. The Hall–Kier alpha value is -4.04. The molecule has 3 N–H and O–H groups in total. The zero-order valence-corrected chi connectivity index (χ0v) is 20.4. The van der Waals surface area contributed by atoms with Crippen LogP contribution >= 0.6 is 22.9 Å². The molecule has 0 saturated carbocycles. The fourth-order valence-electron chi connectivity index (χ4n) is 3.13. The van der Waals surface area contributed by atoms with Gasteiger partial charge in [0.2, 0.25) is 5.95 Å². The summed E-state index contributed by atoms with van der Waals surface area (Å²) in [7, 11) is 0. The third-order valence-electron chi connectivity index (χ3n) is 4.98. The number of nitrogens with one attached hydrogen (secondary N) is 1. The molecule has 4 rings (SSSR count). The molecule has 0 saturated heterocycles. The minimum atomic E-state index is -4.70. The summed E-state index contributed by atoms with van der Waals surface area (Å²) in [5.74, 6) is -1.56. The SMILES string of the molecule is CC(CC(=O)c1cc(-c2cnc(N)nc2)ncn1)c1ncc(C(=O)Nc2cc(C(F)(F)F)c(Cl)cn2)s1. The van der Waals surface area contributed by atoms with Crippen molar-refractivity contribution in [2.75, 3.05) is 11.1 Å². The van der Waals surface area contributed by atoms with E-state index in [1.807, 2.05) is 0 Å². The van der Waals surface area contributed by atoms with E-state index in [0.717, 1.165) is 17.5 Å². The first kappa shape index (κ1) is 26.0. The number of alkyl halides is 3. The lowest BCUT2D eigenvalue weighted by Crippen LogP contribution is -2.13. The van der Waals surface area contributed by atoms with Crippen molar-refractivity contribution < 1.29 is 22.8 Å². The number of amides is 1. The van der Waals surface area contributed by atoms with Crippen LogP contribution in [0.25, 0.3) is 11.3 Å². The van der Waals surface area contributed by atoms with Crippen molar-refractivity contribution in [1.29, 1.82) is 0 Å². The smallest absolute Gasteiger partial charge is 0.368 e. The highest BCUT2D eigenvalue weighted by molar-refractivity contribution is 7.13. The number of pyridine rings is 1. The first-order chi connectivity index (χ1) is 17.5. The van der Waals surface area contributed by atoms with Crippen LogP contribution in [0.4, 0.5) is 24.9 Å². The summed E-state index contributed by atoms with van der Waals surface area (Å²) in [5.41, 5.74) is 5.56. The molecule has 0 aromatic carbocycles. The van der Waals surface area contributed by atoms with Crippen molar-refractivity contribution in [1.82, 2.24) is 29.9 Å². The molecule has 0 fully saturated rings. The lowest BCUT2D eigenvalue weighted by molar-refractivity contribution is -0.137. The predicted molar refractivity (Wildman–Crippen MR) is 129 cm³/mol. The topological polar surface area (TPSA) is 150 Å². The number of hydrogen-bond acceptors (Lipinski definition) is 10. The average Bonchev–Trinajstić information content (AvgIpc) is 3.36. The first-order valence-electron chi connectivity index (χ1n) is 10.4. The number of nitrogens with zero attached hydrogens (tertiary/aromatic N) is 6. The largest absolute Gasteiger partial charge is 0.418 e. The molecule has 1 atom stereocenters. The maximum atomic E-state index is 13.1. The summed E-state index contributed by atoms with van der Waals surface area (Å²) in [6.45, 7) is 1.75. The van der Waals surface area contributed by atoms with Gasteiger partial charge in [-0.15, -0.1) is 11.3 Å². The van der Waals surface area contributed by atoms with Gasteiger partial charge in [-0.3, -0.25) is 9.59 Å². The van der Waals surface area contributed by atoms with Crippen LogP contribution in [0.3, 0.4) is 0 Å². The molecule has 0 aliphatic rings. The summed E-state index contributed by atoms with van der Waals surface area (Å²) in [5, 5.41) is 2.21. The van der Waals surface area contributed by atoms with Crippen molar-refractivity contribution in [3.8, 4) is 11.3 Å². The zero-order chi connectivity index (χ0) is 26.7. The Balaban J connectivity index is 1.43. The second kappa shape index (κ2) is 10.5. The van der Waals surface area contributed by atoms with Crippen LogP contribution in [0.5, 0.6) is 0 Å². The number of carbonyl (C=O) groups excluding carboxylic acids is 2. The van der Waals surface area contributed by atoms with Crippen LogP contribution in [-0.2, 0) is 6.18 Å². The summed E-state index contributed by atoms with van der Waals surface area (Å²) >= 11 is 6.56. The molecule has 4 aromatic heterocycles. The highest BCUT2D eigenvalue weighted by Crippen LogP contribution is 2.35. The number of carbonyl (C=O) groups is 2. The second-order valence-corrected chi connectivity index (χ2v) is 9.18. The van der Waals surface area contributed by atoms with Crippen molar-refractivity contribution >= 4 is 46.4 Å². The molecule has 0 radical (unpaired) electrons. The van der Waals surface area contributed by atoms with Gasteiger partial charge >= 0.3 is 6.18 Å². The number of rotatable bonds is 7. The standard InChI is InChI=1S/C22H16ClF3N8O2S/c1-10(2-16(35)15-4-14(32-9-33-15)11-5-30-21(27)31-6-11)20-29-8-17(37-20)19(36)34-18-3-12(22(24,25)26)13(23)7-28-18/h3-10H,2H2,1H3,(H2,27,30,31)(H,28,34,36). The van der Waals surface area contributed by atoms with Crippen molar-refractivity contribution in [3.63, 3.8) is 0 Å². The number of thiazole rings is 1. The van der Waals surface area contributed by atoms with Crippen LogP contribution in [0.1, 0.15) is 50.0 Å². The highest BCUT2D eigenvalue weighted by atomic mass is 35.5. The molecule has 0 aliphatic carbocycles. The lowest BCUT2D eigenvalue weighted by Gasteiger charge is -2.10. The van der Waals surface area contributed by atoms with Crippen molar-refractivity contribution in [2.24, 2.45) is 0 Å². The molecule has 10 nitrogen and oxygen atoms in total. The van der Waals surface area contributed by atoms with Gasteiger partial charge in [-0.05, 0) is 12.1 Å². The molecule has 4 heterocycles. The van der Waals surface area contributed by atoms with E-state index >= 15 is 0 Å². The molecule has 190 valence electrons. The maximum absolute atomic E-state index is 13.1. The van der Waals surface area contributed by atoms with Gasteiger partial charge in [0.1, 0.15) is 22.7 Å². The monoisotopic (exact) mass is 548 g/mol. The van der Waals surface area contributed by atoms with Crippen LogP contribution in [0, 0.1) is 0 Å². The van der Waals surface area contributed by atoms with E-state index in [9.17, 15) is 22.8 Å². The Bertz CT molecular complexity index is 1460. The van der Waals surface area contributed by atoms with Gasteiger partial charge in [-0.1, -0.05) is 18.5 Å². The van der Waals surface area contributed by atoms with Gasteiger partial charge < -0.3 is 11.1 Å². The number of ketones is 1. The van der Waals surface area contributed by atoms with E-state index in [1.165, 1.54) is 31.0 Å². The molecule has 1 unspecified atom stereocenters. The highest BCUT2D eigenvalue weighted by Gasteiger charge is 2.34. The van der Waals surface area contributed by atoms with Crippen LogP contribution in [0.2, 0.25) is 5.02 Å². The predicted octanol–water partition coefficient (Wildman–Crippen LogP) is 4.67. The Kier molecular flexibility index (Phi) is 7.40. The number of nitrogen functional groups attached to an aromatic ring is 1. The Morgan fingerprint density at radius 3 is 2.49 bits per heavy atom. The van der Waals surface area contributed by atoms with Gasteiger partial charge in [0.15, 0.2) is 5.78 Å². The number of halogens is 4. The second-order valence-electron chi connectivity index (χ2n) is 7.71. The summed E-state index contributed by atoms with van der Waals surface area (Å²) in [6.07, 6.45) is 1.64. The van der Waals surface area contributed by atoms with Gasteiger partial charge in [0.25, 0.3) is 5.91 Å². The van der Waals surface area contributed by atoms with Gasteiger partial charge in [0.05, 0.1) is 27.5 Å². The van der Waals surface area contributed by atoms with E-state index in [2.05, 4.69) is 35.2 Å². The first-order valence-corrected chi connectivity index (χ1v) is 11.6. The van der Waals surface area contributed by atoms with E-state index in [0.29, 0.717) is 22.3 Å². The summed E-state index contributed by atoms with van der Waals surface area (Å²) in [4.78, 5) is 49.4. The van der Waals surface area contributed by atoms with Crippen LogP contribution in [0.15, 0.2) is 43.2 Å². The third-order valence-corrected chi connectivity index (χ3v) is 6.51. The number of nitrogens with two attached hydrogens (primary N) is 1. The molecular weight excluding hydrogens is 533 g/mol. The minimum Gasteiger partial charge on any atom is -0.368 e. The van der Waals surface area contributed by atoms with Gasteiger partial charge in [-0.2, -0.15) is 13.2 Å². The van der Waals surface area contributed by atoms with E-state index in [-0.39, 0.29) is 40.5 Å². The fourth-order valence-corrected chi connectivity index (χ4v) is 4.21. The molecule has 0 spiro atoms. The summed E-state index contributed by atoms with van der Waals surface area (Å²) < 4.78 is 39.2. The lowest BCUT2D eigenvalue weighted by atomic mass is 10.0. The normalized spacial score (nSPS) is 12.2. The Morgan fingerprint density at radius 1 is 1.05 bits per heavy atom. The van der Waals surface area contributed by atoms with Crippen LogP contribution < -0.4 is 11.1 Å². The van der Waals surface area contributed by atoms with E-state index in [4.69, 9.17) is 17.3 Å². The molecule has 0 bridgehead atoms. The van der Waals surface area contributed by atoms with E-state index < -0.39 is 22.7 Å². The number of aromatic nitrogens is 6. The summed E-state index contributed by atoms with van der Waals surface area (Å²) in [6, 6.07) is 2.16.